The monoisotopic (exact) mass is 274 g/mol. The third-order valence-corrected chi connectivity index (χ3v) is 3.14. The Balaban J connectivity index is 2.31. The molecule has 1 heterocycles. The highest BCUT2D eigenvalue weighted by atomic mass is 16.3. The van der Waals surface area contributed by atoms with E-state index in [-0.39, 0.29) is 5.75 Å². The van der Waals surface area contributed by atoms with E-state index in [2.05, 4.69) is 24.3 Å². The number of hydrogen-bond acceptors (Lipinski definition) is 4. The highest BCUT2D eigenvalue weighted by Gasteiger charge is 2.15. The van der Waals surface area contributed by atoms with Gasteiger partial charge in [0.15, 0.2) is 0 Å². The lowest BCUT2D eigenvalue weighted by atomic mass is 10.1. The molecule has 2 aromatic rings. The molecule has 0 amide bonds. The molecule has 5 nitrogen and oxygen atoms in total. The zero-order valence-electron chi connectivity index (χ0n) is 12.0. The number of nitrogens with zero attached hydrogens (tertiary/aromatic N) is 2. The van der Waals surface area contributed by atoms with Crippen LogP contribution in [0.15, 0.2) is 30.5 Å². The first-order valence-corrected chi connectivity index (χ1v) is 6.94. The van der Waals surface area contributed by atoms with Gasteiger partial charge < -0.3 is 16.2 Å². The molecule has 108 valence electrons. The minimum atomic E-state index is 0.258. The topological polar surface area (TPSA) is 76.1 Å². The van der Waals surface area contributed by atoms with Crippen molar-refractivity contribution in [2.75, 3.05) is 18.4 Å². The average Bonchev–Trinajstić information content (AvgIpc) is 2.84. The SMILES string of the molecule is CC(C)c1c(NCCCN)cnn1-c1ccc(O)cc1. The molecular formula is C15H22N4O. The van der Waals surface area contributed by atoms with Crippen LogP contribution in [0.1, 0.15) is 31.9 Å². The fraction of sp³-hybridized carbons (Fsp3) is 0.400. The van der Waals surface area contributed by atoms with Gasteiger partial charge in [-0.2, -0.15) is 5.10 Å². The van der Waals surface area contributed by atoms with E-state index in [1.54, 1.807) is 12.1 Å². The third kappa shape index (κ3) is 3.11. The lowest BCUT2D eigenvalue weighted by Gasteiger charge is -2.13. The Bertz CT molecular complexity index is 546. The third-order valence-electron chi connectivity index (χ3n) is 3.14. The number of hydrogen-bond donors (Lipinski definition) is 3. The van der Waals surface area contributed by atoms with Crippen molar-refractivity contribution < 1.29 is 5.11 Å². The van der Waals surface area contributed by atoms with Gasteiger partial charge in [-0.15, -0.1) is 0 Å². The zero-order chi connectivity index (χ0) is 14.5. The summed E-state index contributed by atoms with van der Waals surface area (Å²) in [6, 6.07) is 7.06. The number of phenols is 1. The summed E-state index contributed by atoms with van der Waals surface area (Å²) in [6.07, 6.45) is 2.78. The van der Waals surface area contributed by atoms with E-state index in [4.69, 9.17) is 5.73 Å². The second kappa shape index (κ2) is 6.43. The van der Waals surface area contributed by atoms with Crippen molar-refractivity contribution in [3.8, 4) is 11.4 Å². The molecule has 5 heteroatoms. The number of benzene rings is 1. The molecule has 0 aliphatic heterocycles. The number of nitrogens with two attached hydrogens (primary N) is 1. The summed E-state index contributed by atoms with van der Waals surface area (Å²) in [7, 11) is 0. The van der Waals surface area contributed by atoms with Crippen LogP contribution in [0.3, 0.4) is 0 Å². The van der Waals surface area contributed by atoms with E-state index in [1.807, 2.05) is 23.0 Å². The van der Waals surface area contributed by atoms with Crippen molar-refractivity contribution in [1.82, 2.24) is 9.78 Å². The summed E-state index contributed by atoms with van der Waals surface area (Å²) in [5, 5.41) is 17.2. The minimum absolute atomic E-state index is 0.258. The van der Waals surface area contributed by atoms with Crippen molar-refractivity contribution in [3.05, 3.63) is 36.2 Å². The molecule has 1 aromatic carbocycles. The van der Waals surface area contributed by atoms with E-state index in [9.17, 15) is 5.11 Å². The Labute approximate surface area is 119 Å². The van der Waals surface area contributed by atoms with Crippen LogP contribution >= 0.6 is 0 Å². The standard InChI is InChI=1S/C15H22N4O/c1-11(2)15-14(17-9-3-8-16)10-18-19(15)12-4-6-13(20)7-5-12/h4-7,10-11,17,20H,3,8-9,16H2,1-2H3. The largest absolute Gasteiger partial charge is 0.508 e. The molecule has 0 radical (unpaired) electrons. The molecule has 0 fully saturated rings. The fourth-order valence-corrected chi connectivity index (χ4v) is 2.17. The summed E-state index contributed by atoms with van der Waals surface area (Å²) < 4.78 is 1.91. The van der Waals surface area contributed by atoms with E-state index in [1.165, 1.54) is 0 Å². The van der Waals surface area contributed by atoms with Gasteiger partial charge in [0.1, 0.15) is 5.75 Å². The highest BCUT2D eigenvalue weighted by molar-refractivity contribution is 5.52. The quantitative estimate of drug-likeness (QED) is 0.707. The molecule has 20 heavy (non-hydrogen) atoms. The van der Waals surface area contributed by atoms with Gasteiger partial charge in [-0.05, 0) is 43.1 Å². The van der Waals surface area contributed by atoms with Gasteiger partial charge in [0.05, 0.1) is 23.3 Å². The Hall–Kier alpha value is -2.01. The van der Waals surface area contributed by atoms with E-state index in [0.717, 1.165) is 30.0 Å². The molecule has 0 saturated carbocycles. The molecule has 0 bridgehead atoms. The normalized spacial score (nSPS) is 11.0. The Morgan fingerprint density at radius 3 is 2.60 bits per heavy atom. The van der Waals surface area contributed by atoms with Crippen LogP contribution < -0.4 is 11.1 Å². The van der Waals surface area contributed by atoms with Gasteiger partial charge in [0.2, 0.25) is 0 Å². The van der Waals surface area contributed by atoms with E-state index >= 15 is 0 Å². The lowest BCUT2D eigenvalue weighted by Crippen LogP contribution is -2.11. The maximum Gasteiger partial charge on any atom is 0.115 e. The van der Waals surface area contributed by atoms with Gasteiger partial charge in [-0.25, -0.2) is 4.68 Å². The number of rotatable bonds is 6. The Kier molecular flexibility index (Phi) is 4.63. The number of phenolic OH excluding ortho intramolecular Hbond substituents is 1. The van der Waals surface area contributed by atoms with Crippen LogP contribution in [0.2, 0.25) is 0 Å². The molecule has 4 N–H and O–H groups in total. The van der Waals surface area contributed by atoms with Crippen molar-refractivity contribution in [1.29, 1.82) is 0 Å². The molecule has 0 atom stereocenters. The second-order valence-electron chi connectivity index (χ2n) is 5.10. The van der Waals surface area contributed by atoms with Crippen molar-refractivity contribution >= 4 is 5.69 Å². The predicted molar refractivity (Wildman–Crippen MR) is 81.5 cm³/mol. The summed E-state index contributed by atoms with van der Waals surface area (Å²) in [5.74, 6) is 0.597. The van der Waals surface area contributed by atoms with Crippen LogP contribution in [-0.4, -0.2) is 28.0 Å². The van der Waals surface area contributed by atoms with E-state index < -0.39 is 0 Å². The van der Waals surface area contributed by atoms with Crippen LogP contribution in [0.25, 0.3) is 5.69 Å². The van der Waals surface area contributed by atoms with Crippen LogP contribution in [0.4, 0.5) is 5.69 Å². The first-order chi connectivity index (χ1) is 9.63. The summed E-state index contributed by atoms with van der Waals surface area (Å²) >= 11 is 0. The fourth-order valence-electron chi connectivity index (χ4n) is 2.17. The molecule has 0 spiro atoms. The minimum Gasteiger partial charge on any atom is -0.508 e. The second-order valence-corrected chi connectivity index (χ2v) is 5.10. The Morgan fingerprint density at radius 1 is 1.30 bits per heavy atom. The van der Waals surface area contributed by atoms with Gasteiger partial charge in [-0.1, -0.05) is 13.8 Å². The molecule has 1 aromatic heterocycles. The highest BCUT2D eigenvalue weighted by Crippen LogP contribution is 2.27. The maximum absolute atomic E-state index is 9.38. The van der Waals surface area contributed by atoms with Crippen molar-refractivity contribution in [3.63, 3.8) is 0 Å². The summed E-state index contributed by atoms with van der Waals surface area (Å²) in [4.78, 5) is 0. The van der Waals surface area contributed by atoms with Crippen LogP contribution in [0.5, 0.6) is 5.75 Å². The first kappa shape index (κ1) is 14.4. The smallest absolute Gasteiger partial charge is 0.115 e. The van der Waals surface area contributed by atoms with Gasteiger partial charge in [0, 0.05) is 6.54 Å². The van der Waals surface area contributed by atoms with E-state index in [0.29, 0.717) is 12.5 Å². The summed E-state index contributed by atoms with van der Waals surface area (Å²) in [5.41, 5.74) is 8.63. The van der Waals surface area contributed by atoms with Crippen LogP contribution in [0, 0.1) is 0 Å². The first-order valence-electron chi connectivity index (χ1n) is 6.94. The van der Waals surface area contributed by atoms with Gasteiger partial charge in [0.25, 0.3) is 0 Å². The molecule has 0 aliphatic carbocycles. The van der Waals surface area contributed by atoms with Gasteiger partial charge >= 0.3 is 0 Å². The Morgan fingerprint density at radius 2 is 2.00 bits per heavy atom. The number of aromatic hydroxyl groups is 1. The number of nitrogens with one attached hydrogen (secondary N) is 1. The maximum atomic E-state index is 9.38. The van der Waals surface area contributed by atoms with Crippen molar-refractivity contribution in [2.24, 2.45) is 5.73 Å². The van der Waals surface area contributed by atoms with Gasteiger partial charge in [-0.3, -0.25) is 0 Å². The zero-order valence-corrected chi connectivity index (χ0v) is 12.0. The number of anilines is 1. The molecular weight excluding hydrogens is 252 g/mol. The van der Waals surface area contributed by atoms with Crippen molar-refractivity contribution in [2.45, 2.75) is 26.2 Å². The lowest BCUT2D eigenvalue weighted by molar-refractivity contribution is 0.475. The molecule has 0 saturated heterocycles. The molecule has 0 unspecified atom stereocenters. The average molecular weight is 274 g/mol. The predicted octanol–water partition coefficient (Wildman–Crippen LogP) is 2.46. The summed E-state index contributed by atoms with van der Waals surface area (Å²) in [6.45, 7) is 5.80. The molecule has 0 aliphatic rings. The van der Waals surface area contributed by atoms with Crippen LogP contribution in [-0.2, 0) is 0 Å². The number of aromatic nitrogens is 2. The molecule has 2 rings (SSSR count).